The molecule has 118 valence electrons. The molecule has 0 saturated carbocycles. The Bertz CT molecular complexity index is 450. The molecule has 0 aromatic carbocycles. The molecule has 8 nitrogen and oxygen atoms in total. The highest BCUT2D eigenvalue weighted by atomic mass is 16.6. The van der Waals surface area contributed by atoms with Crippen LogP contribution in [-0.4, -0.2) is 47.9 Å². The van der Waals surface area contributed by atoms with Crippen LogP contribution in [0, 0.1) is 10.1 Å². The molecule has 1 heterocycles. The summed E-state index contributed by atoms with van der Waals surface area (Å²) >= 11 is 0. The summed E-state index contributed by atoms with van der Waals surface area (Å²) < 4.78 is 5.04. The lowest BCUT2D eigenvalue weighted by molar-refractivity contribution is -0.384. The standard InChI is InChI=1S/C13H22N4O4/c1-3-7-14-12-5-4-11(17(19)20)13(16-12)15-10(6-8-18)9-21-2/h4-5,10,18H,3,6-9H2,1-2H3,(H2,14,15,16). The minimum absolute atomic E-state index is 0.0391. The van der Waals surface area contributed by atoms with Gasteiger partial charge in [-0.25, -0.2) is 4.98 Å². The van der Waals surface area contributed by atoms with Crippen molar-refractivity contribution in [2.24, 2.45) is 0 Å². The number of nitrogens with zero attached hydrogens (tertiary/aromatic N) is 2. The lowest BCUT2D eigenvalue weighted by Gasteiger charge is -2.18. The summed E-state index contributed by atoms with van der Waals surface area (Å²) in [5, 5.41) is 26.2. The number of methoxy groups -OCH3 is 1. The number of aliphatic hydroxyl groups excluding tert-OH is 1. The van der Waals surface area contributed by atoms with Crippen LogP contribution in [0.3, 0.4) is 0 Å². The maximum absolute atomic E-state index is 11.1. The van der Waals surface area contributed by atoms with Gasteiger partial charge < -0.3 is 20.5 Å². The molecule has 21 heavy (non-hydrogen) atoms. The zero-order valence-electron chi connectivity index (χ0n) is 12.3. The van der Waals surface area contributed by atoms with Crippen LogP contribution in [0.5, 0.6) is 0 Å². The van der Waals surface area contributed by atoms with E-state index in [9.17, 15) is 10.1 Å². The Kier molecular flexibility index (Phi) is 7.41. The highest BCUT2D eigenvalue weighted by Gasteiger charge is 2.19. The second-order valence-corrected chi connectivity index (χ2v) is 4.56. The molecule has 0 aliphatic heterocycles. The fraction of sp³-hybridized carbons (Fsp3) is 0.615. The number of aliphatic hydroxyl groups is 1. The third-order valence-electron chi connectivity index (χ3n) is 2.81. The van der Waals surface area contributed by atoms with Crippen LogP contribution in [0.2, 0.25) is 0 Å². The summed E-state index contributed by atoms with van der Waals surface area (Å²) in [6, 6.07) is 2.75. The van der Waals surface area contributed by atoms with E-state index in [2.05, 4.69) is 15.6 Å². The first-order valence-corrected chi connectivity index (χ1v) is 6.88. The SMILES string of the molecule is CCCNc1ccc([N+](=O)[O-])c(NC(CCO)COC)n1. The Morgan fingerprint density at radius 1 is 1.52 bits per heavy atom. The number of anilines is 2. The largest absolute Gasteiger partial charge is 0.396 e. The second kappa shape index (κ2) is 9.09. The van der Waals surface area contributed by atoms with Gasteiger partial charge in [0.2, 0.25) is 5.82 Å². The van der Waals surface area contributed by atoms with E-state index < -0.39 is 4.92 Å². The molecular formula is C13H22N4O4. The van der Waals surface area contributed by atoms with E-state index in [4.69, 9.17) is 9.84 Å². The van der Waals surface area contributed by atoms with Crippen molar-refractivity contribution in [3.05, 3.63) is 22.2 Å². The van der Waals surface area contributed by atoms with Gasteiger partial charge in [0.25, 0.3) is 0 Å². The summed E-state index contributed by atoms with van der Waals surface area (Å²) in [6.07, 6.45) is 1.34. The highest BCUT2D eigenvalue weighted by molar-refractivity contribution is 5.60. The molecule has 0 bridgehead atoms. The fourth-order valence-electron chi connectivity index (χ4n) is 1.80. The van der Waals surface area contributed by atoms with Crippen molar-refractivity contribution < 1.29 is 14.8 Å². The third kappa shape index (κ3) is 5.52. The second-order valence-electron chi connectivity index (χ2n) is 4.56. The van der Waals surface area contributed by atoms with E-state index in [1.807, 2.05) is 6.92 Å². The maximum atomic E-state index is 11.1. The molecule has 1 rings (SSSR count). The maximum Gasteiger partial charge on any atom is 0.311 e. The molecule has 3 N–H and O–H groups in total. The molecule has 1 unspecified atom stereocenters. The third-order valence-corrected chi connectivity index (χ3v) is 2.81. The van der Waals surface area contributed by atoms with Crippen molar-refractivity contribution in [1.29, 1.82) is 0 Å². The van der Waals surface area contributed by atoms with Gasteiger partial charge in [0.15, 0.2) is 0 Å². The van der Waals surface area contributed by atoms with Crippen LogP contribution in [0.25, 0.3) is 0 Å². The number of rotatable bonds is 10. The molecule has 0 fully saturated rings. The monoisotopic (exact) mass is 298 g/mol. The molecule has 0 saturated heterocycles. The summed E-state index contributed by atoms with van der Waals surface area (Å²) in [7, 11) is 1.53. The topological polar surface area (TPSA) is 110 Å². The fourth-order valence-corrected chi connectivity index (χ4v) is 1.80. The first-order valence-electron chi connectivity index (χ1n) is 6.88. The zero-order chi connectivity index (χ0) is 15.7. The van der Waals surface area contributed by atoms with E-state index >= 15 is 0 Å². The Labute approximate surface area is 123 Å². The smallest absolute Gasteiger partial charge is 0.311 e. The number of nitro groups is 1. The molecule has 1 atom stereocenters. The van der Waals surface area contributed by atoms with Crippen LogP contribution < -0.4 is 10.6 Å². The Morgan fingerprint density at radius 3 is 2.86 bits per heavy atom. The number of hydrogen-bond acceptors (Lipinski definition) is 7. The summed E-state index contributed by atoms with van der Waals surface area (Å²) in [4.78, 5) is 14.8. The van der Waals surface area contributed by atoms with Gasteiger partial charge in [0.1, 0.15) is 5.82 Å². The normalized spacial score (nSPS) is 12.0. The molecule has 8 heteroatoms. The zero-order valence-corrected chi connectivity index (χ0v) is 12.3. The lowest BCUT2D eigenvalue weighted by atomic mass is 10.2. The van der Waals surface area contributed by atoms with Crippen LogP contribution in [0.15, 0.2) is 12.1 Å². The minimum Gasteiger partial charge on any atom is -0.396 e. The number of hydrogen-bond donors (Lipinski definition) is 3. The van der Waals surface area contributed by atoms with Gasteiger partial charge in [-0.3, -0.25) is 10.1 Å². The van der Waals surface area contributed by atoms with E-state index in [1.165, 1.54) is 13.2 Å². The van der Waals surface area contributed by atoms with Crippen LogP contribution in [-0.2, 0) is 4.74 Å². The van der Waals surface area contributed by atoms with Gasteiger partial charge in [-0.15, -0.1) is 0 Å². The summed E-state index contributed by atoms with van der Waals surface area (Å²) in [6.45, 7) is 3.05. The highest BCUT2D eigenvalue weighted by Crippen LogP contribution is 2.25. The van der Waals surface area contributed by atoms with Crippen LogP contribution in [0.4, 0.5) is 17.3 Å². The number of nitrogens with one attached hydrogen (secondary N) is 2. The quantitative estimate of drug-likeness (QED) is 0.444. The van der Waals surface area contributed by atoms with E-state index in [-0.39, 0.29) is 24.2 Å². The lowest BCUT2D eigenvalue weighted by Crippen LogP contribution is -2.27. The molecule has 0 aliphatic carbocycles. The van der Waals surface area contributed by atoms with Crippen molar-refractivity contribution in [3.63, 3.8) is 0 Å². The summed E-state index contributed by atoms with van der Waals surface area (Å²) in [5.74, 6) is 0.752. The van der Waals surface area contributed by atoms with Gasteiger partial charge >= 0.3 is 5.69 Å². The minimum atomic E-state index is -0.484. The van der Waals surface area contributed by atoms with E-state index in [1.54, 1.807) is 6.07 Å². The Hall–Kier alpha value is -1.93. The number of ether oxygens (including phenoxy) is 1. The average molecular weight is 298 g/mol. The van der Waals surface area contributed by atoms with Crippen molar-refractivity contribution in [1.82, 2.24) is 4.98 Å². The molecule has 0 spiro atoms. The first-order chi connectivity index (χ1) is 10.1. The van der Waals surface area contributed by atoms with Crippen molar-refractivity contribution in [2.75, 3.05) is 37.5 Å². The van der Waals surface area contributed by atoms with Gasteiger partial charge in [-0.2, -0.15) is 0 Å². The van der Waals surface area contributed by atoms with Gasteiger partial charge in [-0.05, 0) is 18.9 Å². The predicted molar refractivity (Wildman–Crippen MR) is 80.7 cm³/mol. The van der Waals surface area contributed by atoms with E-state index in [0.717, 1.165) is 13.0 Å². The van der Waals surface area contributed by atoms with Gasteiger partial charge in [0, 0.05) is 26.3 Å². The van der Waals surface area contributed by atoms with Crippen molar-refractivity contribution >= 4 is 17.3 Å². The van der Waals surface area contributed by atoms with E-state index in [0.29, 0.717) is 18.8 Å². The average Bonchev–Trinajstić information content (AvgIpc) is 2.45. The Morgan fingerprint density at radius 2 is 2.29 bits per heavy atom. The molecule has 0 radical (unpaired) electrons. The van der Waals surface area contributed by atoms with Crippen LogP contribution in [0.1, 0.15) is 19.8 Å². The Balaban J connectivity index is 2.95. The molecular weight excluding hydrogens is 276 g/mol. The molecule has 0 aliphatic rings. The number of aromatic nitrogens is 1. The van der Waals surface area contributed by atoms with Gasteiger partial charge in [-0.1, -0.05) is 6.92 Å². The molecule has 1 aromatic heterocycles. The van der Waals surface area contributed by atoms with Crippen molar-refractivity contribution in [2.45, 2.75) is 25.8 Å². The van der Waals surface area contributed by atoms with Gasteiger partial charge in [0.05, 0.1) is 17.6 Å². The summed E-state index contributed by atoms with van der Waals surface area (Å²) in [5.41, 5.74) is -0.101. The number of pyridine rings is 1. The predicted octanol–water partition coefficient (Wildman–Crippen LogP) is 1.62. The van der Waals surface area contributed by atoms with Crippen molar-refractivity contribution in [3.8, 4) is 0 Å². The van der Waals surface area contributed by atoms with Crippen LogP contribution >= 0.6 is 0 Å². The molecule has 1 aromatic rings. The first kappa shape index (κ1) is 17.1. The molecule has 0 amide bonds.